The molecule has 114 valence electrons. The zero-order valence-electron chi connectivity index (χ0n) is 13.8. The van der Waals surface area contributed by atoms with Gasteiger partial charge >= 0.3 is 0 Å². The molecule has 2 nitrogen and oxygen atoms in total. The first kappa shape index (κ1) is 17.5. The molecule has 0 saturated carbocycles. The van der Waals surface area contributed by atoms with Crippen LogP contribution < -0.4 is 10.2 Å². The molecule has 3 heteroatoms. The summed E-state index contributed by atoms with van der Waals surface area (Å²) in [5.74, 6) is 0. The van der Waals surface area contributed by atoms with Gasteiger partial charge in [-0.05, 0) is 51.3 Å². The fourth-order valence-corrected chi connectivity index (χ4v) is 2.76. The molecule has 0 spiro atoms. The van der Waals surface area contributed by atoms with Gasteiger partial charge in [-0.3, -0.25) is 0 Å². The first-order valence-electron chi connectivity index (χ1n) is 7.54. The Kier molecular flexibility index (Phi) is 6.53. The maximum Gasteiger partial charge on any atom is 0.0423 e. The second-order valence-electron chi connectivity index (χ2n) is 6.46. The number of rotatable bonds is 6. The molecule has 0 radical (unpaired) electrons. The van der Waals surface area contributed by atoms with Gasteiger partial charge in [0.1, 0.15) is 0 Å². The second-order valence-corrected chi connectivity index (χ2v) is 7.37. The maximum atomic E-state index is 3.60. The molecular weight excluding hydrogens is 312 g/mol. The molecule has 0 bridgehead atoms. The molecule has 0 unspecified atom stereocenters. The second kappa shape index (κ2) is 7.46. The maximum absolute atomic E-state index is 3.60. The number of hydrogen-bond donors (Lipinski definition) is 1. The summed E-state index contributed by atoms with van der Waals surface area (Å²) in [7, 11) is 2.21. The molecule has 0 saturated heterocycles. The molecule has 1 aromatic carbocycles. The molecule has 0 atom stereocenters. The summed E-state index contributed by atoms with van der Waals surface area (Å²) in [5, 5.41) is 3.59. The van der Waals surface area contributed by atoms with Crippen molar-refractivity contribution in [3.05, 3.63) is 28.2 Å². The monoisotopic (exact) mass is 340 g/mol. The number of anilines is 1. The summed E-state index contributed by atoms with van der Waals surface area (Å²) >= 11 is 3.60. The molecule has 0 aliphatic rings. The fraction of sp³-hybridized carbons (Fsp3) is 0.647. The average Bonchev–Trinajstić information content (AvgIpc) is 2.37. The third-order valence-electron chi connectivity index (χ3n) is 3.73. The van der Waals surface area contributed by atoms with Gasteiger partial charge < -0.3 is 10.2 Å². The molecule has 1 aromatic rings. The highest BCUT2D eigenvalue weighted by atomic mass is 79.9. The Bertz CT molecular complexity index is 419. The highest BCUT2D eigenvalue weighted by Gasteiger charge is 2.16. The molecule has 0 fully saturated rings. The Morgan fingerprint density at radius 3 is 2.30 bits per heavy atom. The lowest BCUT2D eigenvalue weighted by atomic mass is 10.1. The van der Waals surface area contributed by atoms with Crippen LogP contribution in [0.5, 0.6) is 0 Å². The Morgan fingerprint density at radius 2 is 1.80 bits per heavy atom. The summed E-state index contributed by atoms with van der Waals surface area (Å²) < 4.78 is 1.14. The van der Waals surface area contributed by atoms with Gasteiger partial charge in [-0.25, -0.2) is 0 Å². The molecule has 0 aromatic heterocycles. The lowest BCUT2D eigenvalue weighted by molar-refractivity contribution is 0.424. The van der Waals surface area contributed by atoms with Crippen LogP contribution in [0.4, 0.5) is 5.69 Å². The molecule has 0 heterocycles. The lowest BCUT2D eigenvalue weighted by Crippen LogP contribution is -2.36. The van der Waals surface area contributed by atoms with Gasteiger partial charge in [0.05, 0.1) is 0 Å². The minimum Gasteiger partial charge on any atom is -0.371 e. The molecule has 1 rings (SSSR count). The zero-order chi connectivity index (χ0) is 15.3. The van der Waals surface area contributed by atoms with E-state index in [1.165, 1.54) is 24.1 Å². The molecule has 20 heavy (non-hydrogen) atoms. The highest BCUT2D eigenvalue weighted by molar-refractivity contribution is 9.10. The number of halogens is 1. The van der Waals surface area contributed by atoms with E-state index in [0.717, 1.165) is 11.0 Å². The molecule has 1 N–H and O–H groups in total. The van der Waals surface area contributed by atoms with Gasteiger partial charge in [0, 0.05) is 35.3 Å². The largest absolute Gasteiger partial charge is 0.371 e. The van der Waals surface area contributed by atoms with E-state index in [4.69, 9.17) is 0 Å². The van der Waals surface area contributed by atoms with Crippen molar-refractivity contribution in [1.82, 2.24) is 5.32 Å². The smallest absolute Gasteiger partial charge is 0.0423 e. The van der Waals surface area contributed by atoms with Gasteiger partial charge in [-0.1, -0.05) is 35.8 Å². The van der Waals surface area contributed by atoms with Crippen molar-refractivity contribution in [2.45, 2.75) is 65.6 Å². The molecular formula is C17H29BrN2. The van der Waals surface area contributed by atoms with Crippen LogP contribution in [0.15, 0.2) is 22.7 Å². The van der Waals surface area contributed by atoms with Crippen LogP contribution in [-0.2, 0) is 6.54 Å². The van der Waals surface area contributed by atoms with Crippen molar-refractivity contribution in [1.29, 1.82) is 0 Å². The van der Waals surface area contributed by atoms with E-state index in [-0.39, 0.29) is 5.54 Å². The topological polar surface area (TPSA) is 15.3 Å². The summed E-state index contributed by atoms with van der Waals surface area (Å²) in [6.45, 7) is 12.0. The fourth-order valence-electron chi connectivity index (χ4n) is 2.41. The van der Waals surface area contributed by atoms with Gasteiger partial charge in [0.15, 0.2) is 0 Å². The van der Waals surface area contributed by atoms with Gasteiger partial charge in [-0.15, -0.1) is 0 Å². The van der Waals surface area contributed by atoms with E-state index < -0.39 is 0 Å². The Hall–Kier alpha value is -0.540. The van der Waals surface area contributed by atoms with Crippen molar-refractivity contribution >= 4 is 21.6 Å². The van der Waals surface area contributed by atoms with Crippen LogP contribution in [-0.4, -0.2) is 18.6 Å². The Morgan fingerprint density at radius 1 is 1.20 bits per heavy atom. The van der Waals surface area contributed by atoms with E-state index in [1.54, 1.807) is 0 Å². The average molecular weight is 341 g/mol. The summed E-state index contributed by atoms with van der Waals surface area (Å²) in [5.41, 5.74) is 2.82. The van der Waals surface area contributed by atoms with E-state index in [9.17, 15) is 0 Å². The predicted octanol–water partition coefficient (Wildman–Crippen LogP) is 4.96. The standard InChI is InChI=1S/C17H29BrN2/c1-7-15(8-2)20(6)16-11-14(18)10-9-13(16)12-19-17(3,4)5/h9-11,15,19H,7-8,12H2,1-6H3. The van der Waals surface area contributed by atoms with E-state index in [1.807, 2.05) is 0 Å². The number of hydrogen-bond acceptors (Lipinski definition) is 2. The molecule has 0 aliphatic heterocycles. The lowest BCUT2D eigenvalue weighted by Gasteiger charge is -2.31. The van der Waals surface area contributed by atoms with E-state index in [0.29, 0.717) is 6.04 Å². The van der Waals surface area contributed by atoms with Crippen LogP contribution in [0.25, 0.3) is 0 Å². The zero-order valence-corrected chi connectivity index (χ0v) is 15.3. The van der Waals surface area contributed by atoms with Crippen molar-refractivity contribution in [2.75, 3.05) is 11.9 Å². The van der Waals surface area contributed by atoms with Crippen LogP contribution in [0.1, 0.15) is 53.0 Å². The van der Waals surface area contributed by atoms with Gasteiger partial charge in [0.25, 0.3) is 0 Å². The van der Waals surface area contributed by atoms with Crippen molar-refractivity contribution in [3.63, 3.8) is 0 Å². The van der Waals surface area contributed by atoms with Gasteiger partial charge in [-0.2, -0.15) is 0 Å². The van der Waals surface area contributed by atoms with Crippen LogP contribution in [0.3, 0.4) is 0 Å². The predicted molar refractivity (Wildman–Crippen MR) is 93.5 cm³/mol. The van der Waals surface area contributed by atoms with Crippen molar-refractivity contribution in [3.8, 4) is 0 Å². The Labute approximate surface area is 133 Å². The summed E-state index contributed by atoms with van der Waals surface area (Å²) in [4.78, 5) is 2.42. The first-order valence-corrected chi connectivity index (χ1v) is 8.34. The van der Waals surface area contributed by atoms with E-state index in [2.05, 4.69) is 86.0 Å². The third-order valence-corrected chi connectivity index (χ3v) is 4.22. The molecule has 0 aliphatic carbocycles. The SMILES string of the molecule is CCC(CC)N(C)c1cc(Br)ccc1CNC(C)(C)C. The summed E-state index contributed by atoms with van der Waals surface area (Å²) in [6, 6.07) is 7.18. The molecule has 0 amide bonds. The quantitative estimate of drug-likeness (QED) is 0.786. The third kappa shape index (κ3) is 5.10. The highest BCUT2D eigenvalue weighted by Crippen LogP contribution is 2.27. The van der Waals surface area contributed by atoms with Crippen LogP contribution in [0.2, 0.25) is 0 Å². The van der Waals surface area contributed by atoms with Gasteiger partial charge in [0.2, 0.25) is 0 Å². The van der Waals surface area contributed by atoms with Crippen LogP contribution in [0, 0.1) is 0 Å². The number of benzene rings is 1. The Balaban J connectivity index is 3.00. The first-order chi connectivity index (χ1) is 9.28. The van der Waals surface area contributed by atoms with E-state index >= 15 is 0 Å². The minimum atomic E-state index is 0.137. The minimum absolute atomic E-state index is 0.137. The van der Waals surface area contributed by atoms with Crippen molar-refractivity contribution in [2.24, 2.45) is 0 Å². The normalized spacial score (nSPS) is 12.0. The van der Waals surface area contributed by atoms with Crippen LogP contribution >= 0.6 is 15.9 Å². The number of nitrogens with one attached hydrogen (secondary N) is 1. The number of nitrogens with zero attached hydrogens (tertiary/aromatic N) is 1. The van der Waals surface area contributed by atoms with Crippen molar-refractivity contribution < 1.29 is 0 Å². The summed E-state index contributed by atoms with van der Waals surface area (Å²) in [6.07, 6.45) is 2.34.